The highest BCUT2D eigenvalue weighted by Crippen LogP contribution is 2.27. The fraction of sp³-hybridized carbons (Fsp3) is 0.294. The molecule has 2 aromatic rings. The lowest BCUT2D eigenvalue weighted by molar-refractivity contribution is 0.241. The van der Waals surface area contributed by atoms with Gasteiger partial charge in [-0.15, -0.1) is 0 Å². The minimum Gasteiger partial charge on any atom is -0.508 e. The second kappa shape index (κ2) is 5.55. The van der Waals surface area contributed by atoms with Gasteiger partial charge in [-0.3, -0.25) is 4.90 Å². The van der Waals surface area contributed by atoms with E-state index in [1.807, 2.05) is 6.07 Å². The first-order chi connectivity index (χ1) is 9.76. The van der Waals surface area contributed by atoms with Crippen LogP contribution >= 0.6 is 0 Å². The third kappa shape index (κ3) is 2.63. The van der Waals surface area contributed by atoms with Gasteiger partial charge in [-0.25, -0.2) is 0 Å². The Morgan fingerprint density at radius 1 is 1.15 bits per heavy atom. The molecule has 0 spiro atoms. The first-order valence-electron chi connectivity index (χ1n) is 6.91. The number of phenols is 1. The second-order valence-corrected chi connectivity index (χ2v) is 5.23. The maximum absolute atomic E-state index is 9.51. The molecule has 1 aliphatic heterocycles. The van der Waals surface area contributed by atoms with E-state index in [9.17, 15) is 5.11 Å². The summed E-state index contributed by atoms with van der Waals surface area (Å²) in [6.07, 6.45) is 1.09. The SMILES string of the molecule is COc1cc(O)ccc1CN1CCc2ccccc2C1. The number of benzene rings is 2. The van der Waals surface area contributed by atoms with Crippen molar-refractivity contribution in [2.75, 3.05) is 13.7 Å². The molecule has 2 aromatic carbocycles. The van der Waals surface area contributed by atoms with Gasteiger partial charge in [0.1, 0.15) is 11.5 Å². The zero-order chi connectivity index (χ0) is 13.9. The van der Waals surface area contributed by atoms with Crippen molar-refractivity contribution in [3.8, 4) is 11.5 Å². The third-order valence-corrected chi connectivity index (χ3v) is 3.87. The molecular weight excluding hydrogens is 250 g/mol. The maximum Gasteiger partial charge on any atom is 0.127 e. The highest BCUT2D eigenvalue weighted by molar-refractivity contribution is 5.40. The van der Waals surface area contributed by atoms with Gasteiger partial charge in [-0.1, -0.05) is 30.3 Å². The Balaban J connectivity index is 1.77. The number of ether oxygens (including phenoxy) is 1. The quantitative estimate of drug-likeness (QED) is 0.930. The van der Waals surface area contributed by atoms with Gasteiger partial charge in [-0.2, -0.15) is 0 Å². The van der Waals surface area contributed by atoms with E-state index in [1.165, 1.54) is 11.1 Å². The van der Waals surface area contributed by atoms with Crippen molar-refractivity contribution < 1.29 is 9.84 Å². The van der Waals surface area contributed by atoms with Crippen molar-refractivity contribution in [2.24, 2.45) is 0 Å². The lowest BCUT2D eigenvalue weighted by Crippen LogP contribution is -2.30. The van der Waals surface area contributed by atoms with E-state index in [0.717, 1.165) is 37.4 Å². The number of rotatable bonds is 3. The molecule has 3 rings (SSSR count). The van der Waals surface area contributed by atoms with E-state index in [4.69, 9.17) is 4.74 Å². The third-order valence-electron chi connectivity index (χ3n) is 3.87. The minimum absolute atomic E-state index is 0.245. The molecule has 0 saturated heterocycles. The van der Waals surface area contributed by atoms with Gasteiger partial charge in [0.2, 0.25) is 0 Å². The molecular formula is C17H19NO2. The van der Waals surface area contributed by atoms with Gasteiger partial charge in [-0.05, 0) is 23.6 Å². The Morgan fingerprint density at radius 3 is 2.75 bits per heavy atom. The van der Waals surface area contributed by atoms with Crippen LogP contribution in [-0.4, -0.2) is 23.7 Å². The van der Waals surface area contributed by atoms with Crippen LogP contribution in [0.25, 0.3) is 0 Å². The first-order valence-corrected chi connectivity index (χ1v) is 6.91. The van der Waals surface area contributed by atoms with Crippen molar-refractivity contribution >= 4 is 0 Å². The molecule has 0 atom stereocenters. The van der Waals surface area contributed by atoms with Crippen LogP contribution in [0.5, 0.6) is 11.5 Å². The molecule has 3 heteroatoms. The molecule has 1 N–H and O–H groups in total. The standard InChI is InChI=1S/C17H19NO2/c1-20-17-10-16(19)7-6-15(17)12-18-9-8-13-4-2-3-5-14(13)11-18/h2-7,10,19H,8-9,11-12H2,1H3. The lowest BCUT2D eigenvalue weighted by Gasteiger charge is -2.29. The van der Waals surface area contributed by atoms with E-state index < -0.39 is 0 Å². The van der Waals surface area contributed by atoms with Gasteiger partial charge in [0.15, 0.2) is 0 Å². The van der Waals surface area contributed by atoms with E-state index in [0.29, 0.717) is 0 Å². The topological polar surface area (TPSA) is 32.7 Å². The molecule has 3 nitrogen and oxygen atoms in total. The fourth-order valence-electron chi connectivity index (χ4n) is 2.79. The van der Waals surface area contributed by atoms with Gasteiger partial charge < -0.3 is 9.84 Å². The van der Waals surface area contributed by atoms with Crippen LogP contribution in [0.2, 0.25) is 0 Å². The molecule has 104 valence electrons. The van der Waals surface area contributed by atoms with Crippen molar-refractivity contribution in [1.82, 2.24) is 4.90 Å². The van der Waals surface area contributed by atoms with E-state index in [2.05, 4.69) is 29.2 Å². The van der Waals surface area contributed by atoms with Crippen LogP contribution in [0.3, 0.4) is 0 Å². The fourth-order valence-corrected chi connectivity index (χ4v) is 2.79. The molecule has 0 unspecified atom stereocenters. The smallest absolute Gasteiger partial charge is 0.127 e. The van der Waals surface area contributed by atoms with Crippen molar-refractivity contribution in [3.63, 3.8) is 0 Å². The van der Waals surface area contributed by atoms with Gasteiger partial charge in [0, 0.05) is 31.3 Å². The molecule has 20 heavy (non-hydrogen) atoms. The monoisotopic (exact) mass is 269 g/mol. The average molecular weight is 269 g/mol. The largest absolute Gasteiger partial charge is 0.508 e. The summed E-state index contributed by atoms with van der Waals surface area (Å²) in [4.78, 5) is 2.41. The Kier molecular flexibility index (Phi) is 3.61. The highest BCUT2D eigenvalue weighted by atomic mass is 16.5. The van der Waals surface area contributed by atoms with Crippen LogP contribution in [0.1, 0.15) is 16.7 Å². The predicted molar refractivity (Wildman–Crippen MR) is 78.9 cm³/mol. The van der Waals surface area contributed by atoms with Crippen LogP contribution in [0, 0.1) is 0 Å². The average Bonchev–Trinajstić information content (AvgIpc) is 2.49. The van der Waals surface area contributed by atoms with Gasteiger partial charge >= 0.3 is 0 Å². The summed E-state index contributed by atoms with van der Waals surface area (Å²) in [5.41, 5.74) is 3.99. The summed E-state index contributed by atoms with van der Waals surface area (Å²) in [5, 5.41) is 9.51. The Labute approximate surface area is 119 Å². The molecule has 0 fully saturated rings. The first kappa shape index (κ1) is 13.0. The molecule has 1 heterocycles. The second-order valence-electron chi connectivity index (χ2n) is 5.23. The van der Waals surface area contributed by atoms with Crippen molar-refractivity contribution in [2.45, 2.75) is 19.5 Å². The summed E-state index contributed by atoms with van der Waals surface area (Å²) in [5.74, 6) is 0.999. The van der Waals surface area contributed by atoms with Gasteiger partial charge in [0.25, 0.3) is 0 Å². The Hall–Kier alpha value is -2.00. The highest BCUT2D eigenvalue weighted by Gasteiger charge is 2.17. The summed E-state index contributed by atoms with van der Waals surface area (Å²) in [6, 6.07) is 14.0. The summed E-state index contributed by atoms with van der Waals surface area (Å²) in [7, 11) is 1.64. The van der Waals surface area contributed by atoms with Crippen LogP contribution in [-0.2, 0) is 19.5 Å². The Morgan fingerprint density at radius 2 is 1.95 bits per heavy atom. The van der Waals surface area contributed by atoms with Gasteiger partial charge in [0.05, 0.1) is 7.11 Å². The molecule has 0 amide bonds. The lowest BCUT2D eigenvalue weighted by atomic mass is 9.99. The number of methoxy groups -OCH3 is 1. The predicted octanol–water partition coefficient (Wildman–Crippen LogP) is 2.96. The maximum atomic E-state index is 9.51. The van der Waals surface area contributed by atoms with E-state index in [-0.39, 0.29) is 5.75 Å². The summed E-state index contributed by atoms with van der Waals surface area (Å²) in [6.45, 7) is 2.87. The van der Waals surface area contributed by atoms with Crippen LogP contribution in [0.4, 0.5) is 0 Å². The number of aromatic hydroxyl groups is 1. The normalized spacial score (nSPS) is 14.8. The number of nitrogens with zero attached hydrogens (tertiary/aromatic N) is 1. The molecule has 0 radical (unpaired) electrons. The zero-order valence-corrected chi connectivity index (χ0v) is 11.7. The summed E-state index contributed by atoms with van der Waals surface area (Å²) >= 11 is 0. The minimum atomic E-state index is 0.245. The zero-order valence-electron chi connectivity index (χ0n) is 11.7. The van der Waals surface area contributed by atoms with Crippen molar-refractivity contribution in [1.29, 1.82) is 0 Å². The van der Waals surface area contributed by atoms with Crippen LogP contribution < -0.4 is 4.74 Å². The summed E-state index contributed by atoms with van der Waals surface area (Å²) < 4.78 is 5.35. The van der Waals surface area contributed by atoms with E-state index >= 15 is 0 Å². The molecule has 0 saturated carbocycles. The Bertz CT molecular complexity index is 610. The molecule has 0 aliphatic carbocycles. The number of hydrogen-bond donors (Lipinski definition) is 1. The van der Waals surface area contributed by atoms with Crippen molar-refractivity contribution in [3.05, 3.63) is 59.2 Å². The van der Waals surface area contributed by atoms with E-state index in [1.54, 1.807) is 19.2 Å². The molecule has 0 bridgehead atoms. The molecule has 1 aliphatic rings. The molecule has 0 aromatic heterocycles. The number of fused-ring (bicyclic) bond motifs is 1. The van der Waals surface area contributed by atoms with Crippen LogP contribution in [0.15, 0.2) is 42.5 Å². The number of hydrogen-bond acceptors (Lipinski definition) is 3. The number of phenolic OH excluding ortho intramolecular Hbond substituents is 1.